The molecule has 57 heavy (non-hydrogen) atoms. The number of anilines is 2. The number of amides is 4. The van der Waals surface area contributed by atoms with Crippen LogP contribution in [0.15, 0.2) is 90.2 Å². The van der Waals surface area contributed by atoms with Crippen molar-refractivity contribution in [2.24, 2.45) is 42.1 Å². The Morgan fingerprint density at radius 2 is 1.75 bits per heavy atom. The maximum Gasteiger partial charge on any atom is 0.242 e. The minimum Gasteiger partial charge on any atom is -0.508 e. The van der Waals surface area contributed by atoms with Crippen molar-refractivity contribution in [1.82, 2.24) is 9.78 Å². The van der Waals surface area contributed by atoms with E-state index in [2.05, 4.69) is 6.92 Å². The number of rotatable bonds is 5. The molecule has 1 N–H and O–H groups in total. The van der Waals surface area contributed by atoms with Crippen LogP contribution in [0.1, 0.15) is 43.4 Å². The summed E-state index contributed by atoms with van der Waals surface area (Å²) in [5.41, 5.74) is 4.43. The number of imide groups is 2. The van der Waals surface area contributed by atoms with Crippen molar-refractivity contribution < 1.29 is 29.0 Å². The van der Waals surface area contributed by atoms with E-state index in [4.69, 9.17) is 21.4 Å². The second-order valence-corrected chi connectivity index (χ2v) is 17.7. The van der Waals surface area contributed by atoms with Crippen molar-refractivity contribution in [3.05, 3.63) is 112 Å². The monoisotopic (exact) mass is 798 g/mol. The molecule has 2 aromatic heterocycles. The van der Waals surface area contributed by atoms with Crippen molar-refractivity contribution in [3.8, 4) is 22.1 Å². The summed E-state index contributed by atoms with van der Waals surface area (Å²) in [4.78, 5) is 62.5. The fraction of sp³-hybridized carbons (Fsp3) is 0.311. The Balaban J connectivity index is 1.07. The van der Waals surface area contributed by atoms with Gasteiger partial charge in [-0.2, -0.15) is 5.10 Å². The Morgan fingerprint density at radius 1 is 0.965 bits per heavy atom. The zero-order chi connectivity index (χ0) is 39.7. The highest BCUT2D eigenvalue weighted by molar-refractivity contribution is 7.22. The number of halogens is 1. The molecule has 10 rings (SSSR count). The van der Waals surface area contributed by atoms with E-state index in [1.54, 1.807) is 53.6 Å². The van der Waals surface area contributed by atoms with Crippen LogP contribution in [0.3, 0.4) is 0 Å². The van der Waals surface area contributed by atoms with Gasteiger partial charge in [0, 0.05) is 40.7 Å². The summed E-state index contributed by atoms with van der Waals surface area (Å²) >= 11 is 7.92. The van der Waals surface area contributed by atoms with E-state index < -0.39 is 35.0 Å². The molecule has 5 heterocycles. The van der Waals surface area contributed by atoms with Crippen LogP contribution in [-0.2, 0) is 39.1 Å². The predicted molar refractivity (Wildman–Crippen MR) is 218 cm³/mol. The second kappa shape index (κ2) is 12.7. The fourth-order valence-electron chi connectivity index (χ4n) is 10.4. The Bertz CT molecular complexity index is 2680. The summed E-state index contributed by atoms with van der Waals surface area (Å²) < 4.78 is 8.80. The predicted octanol–water partition coefficient (Wildman–Crippen LogP) is 8.32. The number of nitrogens with zero attached hydrogens (tertiary/aromatic N) is 4. The number of carbonyl (C=O) groups is 4. The highest BCUT2D eigenvalue weighted by Crippen LogP contribution is 2.63. The molecule has 12 heteroatoms. The van der Waals surface area contributed by atoms with Crippen molar-refractivity contribution in [1.29, 1.82) is 0 Å². The summed E-state index contributed by atoms with van der Waals surface area (Å²) in [5.74, 6) is -3.36. The maximum absolute atomic E-state index is 15.3. The van der Waals surface area contributed by atoms with Crippen molar-refractivity contribution in [2.75, 3.05) is 9.80 Å². The number of ether oxygens (including phenoxy) is 1. The summed E-state index contributed by atoms with van der Waals surface area (Å²) in [6.07, 6.45) is 5.48. The number of phenolic OH excluding ortho intramolecular Hbond substituents is 1. The van der Waals surface area contributed by atoms with Crippen molar-refractivity contribution >= 4 is 68.2 Å². The first-order chi connectivity index (χ1) is 27.4. The topological polar surface area (TPSA) is 122 Å². The molecule has 0 radical (unpaired) electrons. The average molecular weight is 799 g/mol. The summed E-state index contributed by atoms with van der Waals surface area (Å²) in [7, 11) is 1.74. The first-order valence-electron chi connectivity index (χ1n) is 19.3. The molecule has 2 saturated heterocycles. The molecule has 2 aliphatic carbocycles. The van der Waals surface area contributed by atoms with Crippen LogP contribution in [0.4, 0.5) is 11.5 Å². The minimum absolute atomic E-state index is 0.0911. The molecular weight excluding hydrogens is 760 g/mol. The van der Waals surface area contributed by atoms with Gasteiger partial charge in [-0.05, 0) is 110 Å². The van der Waals surface area contributed by atoms with Crippen LogP contribution >= 0.6 is 22.9 Å². The number of benzene rings is 3. The molecule has 3 aliphatic heterocycles. The molecule has 6 atom stereocenters. The average Bonchev–Trinajstić information content (AvgIpc) is 3.87. The number of phenols is 1. The normalized spacial score (nSPS) is 26.6. The number of allylic oxidation sites excluding steroid dienone is 3. The smallest absolute Gasteiger partial charge is 0.242 e. The van der Waals surface area contributed by atoms with E-state index in [0.717, 1.165) is 49.2 Å². The number of aromatic hydroxyl groups is 1. The standard InChI is InChI=1S/C45H39ClN4O6S/c1-5-23-6-9-27(10-7-23)49-41(52)30-13-12-29-32(38(30)43(49)54)19-33-42(53)50(37-20-34(47-48(37)4)40-22(2)31-18-26(46)8-15-36(31)57-40)44(55)45(33,3)39(29)25-16-24-17-28(51)11-14-35(24)56-21-25/h6-12,14-15,17-18,20-21,30,32-33,38-39,51H,5,13,16,19H2,1-4H3/t30-,32+,33-,38-,39-,45+/m0/s1. The lowest BCUT2D eigenvalue weighted by molar-refractivity contribution is -0.132. The van der Waals surface area contributed by atoms with Gasteiger partial charge >= 0.3 is 0 Å². The molecule has 10 nitrogen and oxygen atoms in total. The van der Waals surface area contributed by atoms with E-state index in [1.165, 1.54) is 9.80 Å². The molecule has 5 aromatic rings. The van der Waals surface area contributed by atoms with Crippen molar-refractivity contribution in [3.63, 3.8) is 0 Å². The number of carbonyl (C=O) groups excluding carboxylic acids is 4. The number of hydrogen-bond donors (Lipinski definition) is 1. The molecule has 288 valence electrons. The van der Waals surface area contributed by atoms with E-state index in [9.17, 15) is 14.7 Å². The van der Waals surface area contributed by atoms with Gasteiger partial charge in [-0.3, -0.25) is 28.8 Å². The van der Waals surface area contributed by atoms with Gasteiger partial charge in [0.05, 0.1) is 40.0 Å². The lowest BCUT2D eigenvalue weighted by atomic mass is 9.51. The molecule has 4 amide bonds. The van der Waals surface area contributed by atoms with Crippen LogP contribution in [-0.4, -0.2) is 38.5 Å². The Kier molecular flexibility index (Phi) is 8.02. The maximum atomic E-state index is 15.3. The highest BCUT2D eigenvalue weighted by Gasteiger charge is 2.68. The van der Waals surface area contributed by atoms with Gasteiger partial charge in [-0.25, -0.2) is 4.90 Å². The van der Waals surface area contributed by atoms with E-state index >= 15 is 9.59 Å². The number of thiophene rings is 1. The Labute approximate surface area is 338 Å². The van der Waals surface area contributed by atoms with Gasteiger partial charge in [0.2, 0.25) is 23.6 Å². The number of fused-ring (bicyclic) bond motifs is 6. The van der Waals surface area contributed by atoms with Crippen LogP contribution in [0, 0.1) is 41.9 Å². The fourth-order valence-corrected chi connectivity index (χ4v) is 11.7. The zero-order valence-electron chi connectivity index (χ0n) is 31.8. The van der Waals surface area contributed by atoms with E-state index in [1.807, 2.05) is 62.4 Å². The number of hydrogen-bond acceptors (Lipinski definition) is 8. The molecule has 5 aliphatic rings. The number of aromatic nitrogens is 2. The molecule has 0 spiro atoms. The zero-order valence-corrected chi connectivity index (χ0v) is 33.4. The van der Waals surface area contributed by atoms with E-state index in [-0.39, 0.29) is 35.8 Å². The highest BCUT2D eigenvalue weighted by atomic mass is 35.5. The molecule has 0 bridgehead atoms. The first-order valence-corrected chi connectivity index (χ1v) is 20.5. The van der Waals surface area contributed by atoms with Crippen LogP contribution in [0.25, 0.3) is 20.7 Å². The summed E-state index contributed by atoms with van der Waals surface area (Å²) in [5, 5.41) is 16.9. The molecule has 3 aromatic carbocycles. The lowest BCUT2D eigenvalue weighted by Crippen LogP contribution is -2.51. The quantitative estimate of drug-likeness (QED) is 0.140. The Hall–Kier alpha value is -5.52. The van der Waals surface area contributed by atoms with Crippen LogP contribution in [0.2, 0.25) is 5.02 Å². The van der Waals surface area contributed by atoms with Gasteiger partial charge in [0.15, 0.2) is 0 Å². The second-order valence-electron chi connectivity index (χ2n) is 16.2. The van der Waals surface area contributed by atoms with Gasteiger partial charge in [0.1, 0.15) is 23.0 Å². The van der Waals surface area contributed by atoms with Crippen LogP contribution < -0.4 is 14.5 Å². The first kappa shape index (κ1) is 35.9. The third kappa shape index (κ3) is 5.10. The summed E-state index contributed by atoms with van der Waals surface area (Å²) in [6, 6.07) is 20.0. The van der Waals surface area contributed by atoms with Crippen molar-refractivity contribution in [2.45, 2.75) is 46.5 Å². The van der Waals surface area contributed by atoms with Gasteiger partial charge in [-0.15, -0.1) is 11.3 Å². The minimum atomic E-state index is -1.26. The van der Waals surface area contributed by atoms with Crippen LogP contribution in [0.5, 0.6) is 11.5 Å². The molecule has 1 saturated carbocycles. The van der Waals surface area contributed by atoms with Gasteiger partial charge in [0.25, 0.3) is 0 Å². The third-order valence-electron chi connectivity index (χ3n) is 13.2. The molecular formula is C45H39ClN4O6S. The SMILES string of the molecule is CCc1ccc(N2C(=O)[C@H]3[C@H](CC=C4[C@H](C5=COc6ccc(O)cc6C5)[C@]5(C)C(=O)N(c6cc(-c7sc8ccc(Cl)cc8c7C)nn6C)C(=O)[C@@H]5C[C@H]43)C2=O)cc1. The van der Waals surface area contributed by atoms with Gasteiger partial charge in [-0.1, -0.05) is 42.3 Å². The number of aryl methyl sites for hydroxylation is 3. The van der Waals surface area contributed by atoms with E-state index in [0.29, 0.717) is 40.8 Å². The Morgan fingerprint density at radius 3 is 2.53 bits per heavy atom. The van der Waals surface area contributed by atoms with Gasteiger partial charge < -0.3 is 9.84 Å². The third-order valence-corrected chi connectivity index (χ3v) is 14.8. The lowest BCUT2D eigenvalue weighted by Gasteiger charge is -2.49. The molecule has 0 unspecified atom stereocenters. The largest absolute Gasteiger partial charge is 0.508 e. The summed E-state index contributed by atoms with van der Waals surface area (Å²) in [6.45, 7) is 5.93. The molecule has 3 fully saturated rings.